The Morgan fingerprint density at radius 2 is 1.94 bits per heavy atom. The van der Waals surface area contributed by atoms with Crippen molar-refractivity contribution in [3.05, 3.63) is 0 Å². The van der Waals surface area contributed by atoms with E-state index in [2.05, 4.69) is 22.2 Å². The molecule has 1 heterocycles. The van der Waals surface area contributed by atoms with Gasteiger partial charge in [-0.05, 0) is 32.7 Å². The first-order valence-corrected chi connectivity index (χ1v) is 7.41. The first-order valence-electron chi connectivity index (χ1n) is 7.41. The summed E-state index contributed by atoms with van der Waals surface area (Å²) in [5.41, 5.74) is 0. The maximum Gasteiger partial charge on any atom is 0.219 e. The van der Waals surface area contributed by atoms with Gasteiger partial charge in [0.2, 0.25) is 5.91 Å². The molecule has 2 fully saturated rings. The summed E-state index contributed by atoms with van der Waals surface area (Å²) >= 11 is 0. The van der Waals surface area contributed by atoms with Gasteiger partial charge in [-0.25, -0.2) is 0 Å². The normalized spacial score (nSPS) is 31.2. The molecule has 104 valence electrons. The Bertz CT molecular complexity index is 274. The Morgan fingerprint density at radius 1 is 1.22 bits per heavy atom. The van der Waals surface area contributed by atoms with Crippen LogP contribution in [0.3, 0.4) is 0 Å². The molecule has 1 saturated carbocycles. The summed E-state index contributed by atoms with van der Waals surface area (Å²) in [6.07, 6.45) is 5.48. The molecule has 2 aliphatic rings. The maximum atomic E-state index is 11.5. The Kier molecular flexibility index (Phi) is 5.01. The van der Waals surface area contributed by atoms with E-state index < -0.39 is 0 Å². The zero-order valence-electron chi connectivity index (χ0n) is 11.8. The second-order valence-electron chi connectivity index (χ2n) is 5.78. The number of nitrogens with zero attached hydrogens (tertiary/aromatic N) is 2. The highest BCUT2D eigenvalue weighted by molar-refractivity contribution is 5.75. The molecule has 2 unspecified atom stereocenters. The highest BCUT2D eigenvalue weighted by Gasteiger charge is 2.28. The molecule has 1 aliphatic heterocycles. The maximum absolute atomic E-state index is 11.5. The summed E-state index contributed by atoms with van der Waals surface area (Å²) < 4.78 is 0. The highest BCUT2D eigenvalue weighted by Crippen LogP contribution is 2.24. The smallest absolute Gasteiger partial charge is 0.219 e. The molecule has 2 atom stereocenters. The minimum Gasteiger partial charge on any atom is -0.353 e. The number of carbonyl (C=O) groups excluding carboxylic acids is 1. The summed E-state index contributed by atoms with van der Waals surface area (Å²) in [5, 5.41) is 3.17. The lowest BCUT2D eigenvalue weighted by Gasteiger charge is -2.41. The standard InChI is InChI=1S/C14H27N3O/c1-3-14(18)15-12-5-4-6-13(11-12)17-9-7-16(2)8-10-17/h12-13H,3-11H2,1-2H3,(H,15,18). The van der Waals surface area contributed by atoms with Gasteiger partial charge in [0, 0.05) is 44.7 Å². The van der Waals surface area contributed by atoms with E-state index in [0.29, 0.717) is 18.5 Å². The largest absolute Gasteiger partial charge is 0.353 e. The summed E-state index contributed by atoms with van der Waals surface area (Å²) in [7, 11) is 2.20. The molecule has 18 heavy (non-hydrogen) atoms. The lowest BCUT2D eigenvalue weighted by atomic mass is 9.89. The molecular weight excluding hydrogens is 226 g/mol. The van der Waals surface area contributed by atoms with Gasteiger partial charge < -0.3 is 10.2 Å². The Balaban J connectivity index is 1.81. The minimum atomic E-state index is 0.207. The topological polar surface area (TPSA) is 35.6 Å². The van der Waals surface area contributed by atoms with Gasteiger partial charge in [0.25, 0.3) is 0 Å². The van der Waals surface area contributed by atoms with Crippen LogP contribution in [0.2, 0.25) is 0 Å². The van der Waals surface area contributed by atoms with Crippen LogP contribution in [0.4, 0.5) is 0 Å². The van der Waals surface area contributed by atoms with E-state index in [4.69, 9.17) is 0 Å². The third-order valence-electron chi connectivity index (χ3n) is 4.39. The molecule has 0 bridgehead atoms. The van der Waals surface area contributed by atoms with Crippen molar-refractivity contribution >= 4 is 5.91 Å². The average molecular weight is 253 g/mol. The van der Waals surface area contributed by atoms with Crippen LogP contribution in [0.15, 0.2) is 0 Å². The van der Waals surface area contributed by atoms with E-state index in [1.165, 1.54) is 39.0 Å². The Morgan fingerprint density at radius 3 is 2.61 bits per heavy atom. The summed E-state index contributed by atoms with van der Waals surface area (Å²) in [5.74, 6) is 0.207. The average Bonchev–Trinajstić information content (AvgIpc) is 2.40. The molecule has 0 aromatic rings. The molecular formula is C14H27N3O. The molecule has 2 rings (SSSR count). The van der Waals surface area contributed by atoms with Gasteiger partial charge in [-0.3, -0.25) is 9.69 Å². The fourth-order valence-electron chi connectivity index (χ4n) is 3.14. The number of hydrogen-bond donors (Lipinski definition) is 1. The van der Waals surface area contributed by atoms with E-state index in [9.17, 15) is 4.79 Å². The van der Waals surface area contributed by atoms with Crippen LogP contribution in [-0.2, 0) is 4.79 Å². The van der Waals surface area contributed by atoms with E-state index in [1.54, 1.807) is 0 Å². The van der Waals surface area contributed by atoms with Gasteiger partial charge >= 0.3 is 0 Å². The van der Waals surface area contributed by atoms with Crippen LogP contribution in [0.25, 0.3) is 0 Å². The molecule has 1 aliphatic carbocycles. The van der Waals surface area contributed by atoms with E-state index in [1.807, 2.05) is 6.92 Å². The zero-order chi connectivity index (χ0) is 13.0. The Hall–Kier alpha value is -0.610. The predicted octanol–water partition coefficient (Wildman–Crippen LogP) is 1.07. The number of amides is 1. The summed E-state index contributed by atoms with van der Waals surface area (Å²) in [6, 6.07) is 1.10. The van der Waals surface area contributed by atoms with E-state index in [0.717, 1.165) is 12.8 Å². The monoisotopic (exact) mass is 253 g/mol. The molecule has 1 N–H and O–H groups in total. The quantitative estimate of drug-likeness (QED) is 0.817. The van der Waals surface area contributed by atoms with Crippen molar-refractivity contribution in [1.29, 1.82) is 0 Å². The fourth-order valence-corrected chi connectivity index (χ4v) is 3.14. The van der Waals surface area contributed by atoms with E-state index >= 15 is 0 Å². The molecule has 0 aromatic carbocycles. The van der Waals surface area contributed by atoms with Crippen molar-refractivity contribution in [3.63, 3.8) is 0 Å². The van der Waals surface area contributed by atoms with Crippen LogP contribution < -0.4 is 5.32 Å². The minimum absolute atomic E-state index is 0.207. The van der Waals surface area contributed by atoms with Gasteiger partial charge in [-0.2, -0.15) is 0 Å². The third kappa shape index (κ3) is 3.69. The number of carbonyl (C=O) groups is 1. The van der Waals surface area contributed by atoms with Gasteiger partial charge in [0.05, 0.1) is 0 Å². The Labute approximate surface area is 111 Å². The second-order valence-corrected chi connectivity index (χ2v) is 5.78. The highest BCUT2D eigenvalue weighted by atomic mass is 16.1. The molecule has 1 amide bonds. The predicted molar refractivity (Wildman–Crippen MR) is 73.5 cm³/mol. The van der Waals surface area contributed by atoms with Crippen molar-refractivity contribution in [1.82, 2.24) is 15.1 Å². The van der Waals surface area contributed by atoms with Crippen molar-refractivity contribution in [2.45, 2.75) is 51.1 Å². The number of rotatable bonds is 3. The number of likely N-dealkylation sites (N-methyl/N-ethyl adjacent to an activating group) is 1. The number of nitrogens with one attached hydrogen (secondary N) is 1. The van der Waals surface area contributed by atoms with Crippen LogP contribution in [0.1, 0.15) is 39.0 Å². The van der Waals surface area contributed by atoms with Gasteiger partial charge in [-0.15, -0.1) is 0 Å². The molecule has 0 aromatic heterocycles. The van der Waals surface area contributed by atoms with Gasteiger partial charge in [0.15, 0.2) is 0 Å². The second kappa shape index (κ2) is 6.53. The first-order chi connectivity index (χ1) is 8.69. The molecule has 0 radical (unpaired) electrons. The fraction of sp³-hybridized carbons (Fsp3) is 0.929. The molecule has 4 heteroatoms. The van der Waals surface area contributed by atoms with Gasteiger partial charge in [-0.1, -0.05) is 6.92 Å². The van der Waals surface area contributed by atoms with E-state index in [-0.39, 0.29) is 5.91 Å². The number of piperazine rings is 1. The van der Waals surface area contributed by atoms with Crippen molar-refractivity contribution in [2.75, 3.05) is 33.2 Å². The third-order valence-corrected chi connectivity index (χ3v) is 4.39. The molecule has 0 spiro atoms. The van der Waals surface area contributed by atoms with Crippen LogP contribution in [0.5, 0.6) is 0 Å². The first kappa shape index (κ1) is 13.8. The van der Waals surface area contributed by atoms with Gasteiger partial charge in [0.1, 0.15) is 0 Å². The molecule has 1 saturated heterocycles. The lowest BCUT2D eigenvalue weighted by molar-refractivity contribution is -0.121. The van der Waals surface area contributed by atoms with Crippen LogP contribution in [0, 0.1) is 0 Å². The lowest BCUT2D eigenvalue weighted by Crippen LogP contribution is -2.52. The van der Waals surface area contributed by atoms with Crippen LogP contribution in [-0.4, -0.2) is 61.0 Å². The molecule has 4 nitrogen and oxygen atoms in total. The zero-order valence-corrected chi connectivity index (χ0v) is 11.8. The van der Waals surface area contributed by atoms with Crippen molar-refractivity contribution in [2.24, 2.45) is 0 Å². The van der Waals surface area contributed by atoms with Crippen molar-refractivity contribution < 1.29 is 4.79 Å². The summed E-state index contributed by atoms with van der Waals surface area (Å²) in [6.45, 7) is 6.67. The summed E-state index contributed by atoms with van der Waals surface area (Å²) in [4.78, 5) is 16.5. The SMILES string of the molecule is CCC(=O)NC1CCCC(N2CCN(C)CC2)C1. The number of hydrogen-bond acceptors (Lipinski definition) is 3. The van der Waals surface area contributed by atoms with Crippen LogP contribution >= 0.6 is 0 Å². The van der Waals surface area contributed by atoms with Crippen molar-refractivity contribution in [3.8, 4) is 0 Å².